The van der Waals surface area contributed by atoms with Gasteiger partial charge in [-0.1, -0.05) is 30.3 Å². The molecule has 1 amide bonds. The van der Waals surface area contributed by atoms with Gasteiger partial charge in [-0.05, 0) is 38.5 Å². The van der Waals surface area contributed by atoms with Crippen molar-refractivity contribution in [2.45, 2.75) is 58.5 Å². The van der Waals surface area contributed by atoms with Gasteiger partial charge in [0.25, 0.3) is 6.43 Å². The van der Waals surface area contributed by atoms with Crippen molar-refractivity contribution in [2.75, 3.05) is 13.7 Å². The van der Waals surface area contributed by atoms with Crippen LogP contribution >= 0.6 is 0 Å². The molecule has 2 aromatic heterocycles. The van der Waals surface area contributed by atoms with E-state index in [2.05, 4.69) is 10.2 Å². The number of aryl methyl sites for hydroxylation is 1. The smallest absolute Gasteiger partial charge is 0.410 e. The van der Waals surface area contributed by atoms with Crippen LogP contribution in [0.15, 0.2) is 54.9 Å². The number of halogens is 4. The van der Waals surface area contributed by atoms with Gasteiger partial charge in [0.1, 0.15) is 23.7 Å². The third kappa shape index (κ3) is 6.33. The first-order valence-electron chi connectivity index (χ1n) is 14.8. The number of likely N-dealkylation sites (N-methyl/N-ethyl adjacent to an activating group) is 1. The van der Waals surface area contributed by atoms with Gasteiger partial charge in [0, 0.05) is 44.2 Å². The van der Waals surface area contributed by atoms with Crippen LogP contribution in [0, 0.1) is 0 Å². The predicted molar refractivity (Wildman–Crippen MR) is 163 cm³/mol. The van der Waals surface area contributed by atoms with E-state index in [1.54, 1.807) is 39.1 Å². The van der Waals surface area contributed by atoms with E-state index >= 15 is 0 Å². The maximum atomic E-state index is 14.8. The summed E-state index contributed by atoms with van der Waals surface area (Å²) in [6.07, 6.45) is -0.390. The van der Waals surface area contributed by atoms with E-state index in [0.717, 1.165) is 5.56 Å². The lowest BCUT2D eigenvalue weighted by Crippen LogP contribution is -2.47. The molecular weight excluding hydrogens is 622 g/mol. The molecule has 0 aliphatic carbocycles. The van der Waals surface area contributed by atoms with Crippen molar-refractivity contribution < 1.29 is 36.6 Å². The summed E-state index contributed by atoms with van der Waals surface area (Å²) < 4.78 is 77.4. The minimum absolute atomic E-state index is 0.00743. The molecule has 1 aromatic carbocycles. The van der Waals surface area contributed by atoms with Crippen molar-refractivity contribution in [3.63, 3.8) is 0 Å². The number of pyridine rings is 1. The van der Waals surface area contributed by atoms with Gasteiger partial charge >= 0.3 is 12.7 Å². The average Bonchev–Trinajstić information content (AvgIpc) is 3.68. The molecule has 0 unspecified atom stereocenters. The number of carbonyl (C=O) groups excluding carboxylic acids is 1. The Morgan fingerprint density at radius 1 is 1.06 bits per heavy atom. The van der Waals surface area contributed by atoms with Gasteiger partial charge in [0.15, 0.2) is 0 Å². The Morgan fingerprint density at radius 3 is 2.49 bits per heavy atom. The number of hydrogen-bond acceptors (Lipinski definition) is 7. The van der Waals surface area contributed by atoms with Gasteiger partial charge in [-0.3, -0.25) is 4.68 Å². The fourth-order valence-corrected chi connectivity index (χ4v) is 5.58. The zero-order valence-electron chi connectivity index (χ0n) is 26.3. The minimum atomic E-state index is -3.19. The van der Waals surface area contributed by atoms with Crippen LogP contribution < -0.4 is 9.47 Å². The predicted octanol–water partition coefficient (Wildman–Crippen LogP) is 6.47. The fraction of sp³-hybridized carbons (Fsp3) is 0.375. The van der Waals surface area contributed by atoms with Crippen molar-refractivity contribution >= 4 is 6.09 Å². The molecule has 0 N–H and O–H groups in total. The molecule has 15 heteroatoms. The second-order valence-electron chi connectivity index (χ2n) is 12.2. The van der Waals surface area contributed by atoms with E-state index in [-0.39, 0.29) is 41.4 Å². The molecule has 0 saturated carbocycles. The van der Waals surface area contributed by atoms with E-state index in [0.29, 0.717) is 17.9 Å². The molecule has 47 heavy (non-hydrogen) atoms. The molecular formula is C32H33F4N7O4. The van der Waals surface area contributed by atoms with Crippen molar-refractivity contribution in [3.05, 3.63) is 66.1 Å². The quantitative estimate of drug-likeness (QED) is 0.177. The number of fused-ring (bicyclic) bond motifs is 2. The van der Waals surface area contributed by atoms with Crippen LogP contribution in [0.4, 0.5) is 22.4 Å². The average molecular weight is 656 g/mol. The molecule has 11 nitrogen and oxygen atoms in total. The van der Waals surface area contributed by atoms with Crippen molar-refractivity contribution in [1.82, 2.24) is 34.0 Å². The lowest BCUT2D eigenvalue weighted by molar-refractivity contribution is -0.0527. The van der Waals surface area contributed by atoms with Gasteiger partial charge in [0.2, 0.25) is 11.8 Å². The van der Waals surface area contributed by atoms with Crippen molar-refractivity contribution in [1.29, 1.82) is 0 Å². The van der Waals surface area contributed by atoms with E-state index in [1.807, 2.05) is 34.9 Å². The van der Waals surface area contributed by atoms with Crippen molar-refractivity contribution in [3.8, 4) is 45.5 Å². The number of hydrogen-bond donors (Lipinski definition) is 0. The van der Waals surface area contributed by atoms with Gasteiger partial charge in [-0.25, -0.2) is 23.2 Å². The number of ether oxygens (including phenoxy) is 3. The highest BCUT2D eigenvalue weighted by molar-refractivity contribution is 5.97. The van der Waals surface area contributed by atoms with E-state index in [1.165, 1.54) is 34.6 Å². The topological polar surface area (TPSA) is 101 Å². The third-order valence-electron chi connectivity index (χ3n) is 7.63. The normalized spacial score (nSPS) is 14.8. The lowest BCUT2D eigenvalue weighted by Gasteiger charge is -2.33. The standard InChI is InChI=1S/C32H33F4N7O4/c1-32(2,3)47-31(44)41(5)19-15-43-29(45-17-19)23(25(38-43)26(33)34)24-22(21-16-40(4)39-28(21)46-30(35)36)20-12-9-13-42(27(20)37-24)14-18-10-7-6-8-11-18/h6-13,16,19,26,30H,14-15,17H2,1-5H3/t19-/m0/s1. The number of amides is 1. The minimum Gasteiger partial charge on any atom is -0.475 e. The number of alkyl halides is 4. The maximum absolute atomic E-state index is 14.8. The van der Waals surface area contributed by atoms with Crippen LogP contribution in [0.3, 0.4) is 0 Å². The molecule has 0 bridgehead atoms. The third-order valence-corrected chi connectivity index (χ3v) is 7.63. The summed E-state index contributed by atoms with van der Waals surface area (Å²) >= 11 is 0. The van der Waals surface area contributed by atoms with Gasteiger partial charge in [-0.2, -0.15) is 13.9 Å². The zero-order chi connectivity index (χ0) is 33.6. The molecule has 6 rings (SSSR count). The zero-order valence-corrected chi connectivity index (χ0v) is 26.3. The molecule has 3 aromatic rings. The van der Waals surface area contributed by atoms with Crippen LogP contribution in [-0.4, -0.2) is 72.0 Å². The van der Waals surface area contributed by atoms with Gasteiger partial charge in [0.05, 0.1) is 29.4 Å². The SMILES string of the molecule is CN(C(=O)OC(C)(C)C)[C@@H]1COc2c(-c3nc4n(Cc5ccccc5)cccc-4c3-c3cn(C)nc3OC(F)F)c(C(F)F)nn2C1. The molecule has 0 fully saturated rings. The van der Waals surface area contributed by atoms with Crippen LogP contribution in [0.2, 0.25) is 0 Å². The molecule has 0 saturated heterocycles. The number of carbonyl (C=O) groups is 1. The largest absolute Gasteiger partial charge is 0.475 e. The maximum Gasteiger partial charge on any atom is 0.410 e. The molecule has 3 aliphatic heterocycles. The lowest BCUT2D eigenvalue weighted by atomic mass is 9.98. The first-order valence-corrected chi connectivity index (χ1v) is 14.8. The van der Waals surface area contributed by atoms with Crippen LogP contribution in [0.1, 0.15) is 38.5 Å². The van der Waals surface area contributed by atoms with Crippen molar-refractivity contribution in [2.24, 2.45) is 7.05 Å². The Hall–Kier alpha value is -5.08. The highest BCUT2D eigenvalue weighted by atomic mass is 19.3. The van der Waals surface area contributed by atoms with E-state index in [9.17, 15) is 22.4 Å². The van der Waals surface area contributed by atoms with Gasteiger partial charge in [-0.15, -0.1) is 5.10 Å². The van der Waals surface area contributed by atoms with Crippen LogP contribution in [-0.2, 0) is 24.9 Å². The van der Waals surface area contributed by atoms with Crippen LogP contribution in [0.5, 0.6) is 11.8 Å². The summed E-state index contributed by atoms with van der Waals surface area (Å²) in [5, 5.41) is 8.28. The number of benzene rings is 1. The van der Waals surface area contributed by atoms with E-state index in [4.69, 9.17) is 19.2 Å². The summed E-state index contributed by atoms with van der Waals surface area (Å²) in [5.41, 5.74) is 0.411. The second-order valence-corrected chi connectivity index (χ2v) is 12.2. The Kier molecular flexibility index (Phi) is 8.32. The number of rotatable bonds is 8. The second kappa shape index (κ2) is 12.3. The summed E-state index contributed by atoms with van der Waals surface area (Å²) in [5.74, 6) is 0.0239. The first kappa shape index (κ1) is 31.9. The summed E-state index contributed by atoms with van der Waals surface area (Å²) in [6, 6.07) is 12.5. The highest BCUT2D eigenvalue weighted by Gasteiger charge is 2.38. The summed E-state index contributed by atoms with van der Waals surface area (Å²) in [7, 11) is 3.07. The Balaban J connectivity index is 1.52. The number of aromatic nitrogens is 6. The fourth-order valence-electron chi connectivity index (χ4n) is 5.58. The van der Waals surface area contributed by atoms with E-state index < -0.39 is 42.3 Å². The van der Waals surface area contributed by atoms with Crippen LogP contribution in [0.25, 0.3) is 33.8 Å². The molecule has 0 radical (unpaired) electrons. The molecule has 3 aliphatic rings. The Bertz CT molecular complexity index is 1860. The monoisotopic (exact) mass is 655 g/mol. The summed E-state index contributed by atoms with van der Waals surface area (Å²) in [4.78, 5) is 19.0. The molecule has 5 heterocycles. The molecule has 1 atom stereocenters. The molecule has 248 valence electrons. The summed E-state index contributed by atoms with van der Waals surface area (Å²) in [6.45, 7) is 2.40. The highest BCUT2D eigenvalue weighted by Crippen LogP contribution is 2.50. The van der Waals surface area contributed by atoms with Gasteiger partial charge < -0.3 is 23.7 Å². The Labute approximate surface area is 267 Å². The Morgan fingerprint density at radius 2 is 1.81 bits per heavy atom. The molecule has 0 spiro atoms. The first-order chi connectivity index (χ1) is 22.3. The number of nitrogens with zero attached hydrogens (tertiary/aromatic N) is 7.